The predicted molar refractivity (Wildman–Crippen MR) is 86.1 cm³/mol. The third-order valence-corrected chi connectivity index (χ3v) is 6.46. The van der Waals surface area contributed by atoms with Crippen LogP contribution in [0, 0.1) is 0 Å². The van der Waals surface area contributed by atoms with E-state index in [0.717, 1.165) is 32.4 Å². The topological polar surface area (TPSA) is 76.0 Å². The molecule has 0 amide bonds. The summed E-state index contributed by atoms with van der Waals surface area (Å²) in [5, 5.41) is 7.38. The summed E-state index contributed by atoms with van der Waals surface area (Å²) in [4.78, 5) is 0.245. The lowest BCUT2D eigenvalue weighted by molar-refractivity contribution is 0.551. The third-order valence-electron chi connectivity index (χ3n) is 3.69. The Morgan fingerprint density at radius 1 is 1.43 bits per heavy atom. The quantitative estimate of drug-likeness (QED) is 0.627. The molecule has 0 radical (unpaired) electrons. The minimum atomic E-state index is -3.45. The van der Waals surface area contributed by atoms with E-state index < -0.39 is 10.0 Å². The molecule has 0 saturated heterocycles. The highest BCUT2D eigenvalue weighted by atomic mass is 32.2. The van der Waals surface area contributed by atoms with Crippen LogP contribution in [-0.4, -0.2) is 48.8 Å². The van der Waals surface area contributed by atoms with Crippen LogP contribution in [0.15, 0.2) is 17.3 Å². The Labute approximate surface area is 131 Å². The fourth-order valence-electron chi connectivity index (χ4n) is 2.00. The molecule has 1 heterocycles. The number of thioether (sulfide) groups is 1. The second kappa shape index (κ2) is 7.13. The molecule has 2 rings (SSSR count). The van der Waals surface area contributed by atoms with E-state index in [4.69, 9.17) is 0 Å². The first-order chi connectivity index (χ1) is 10.0. The van der Waals surface area contributed by atoms with Crippen LogP contribution in [0.3, 0.4) is 0 Å². The molecule has 1 aromatic rings. The molecule has 6 nitrogen and oxygen atoms in total. The monoisotopic (exact) mass is 332 g/mol. The summed E-state index contributed by atoms with van der Waals surface area (Å²) in [5.41, 5.74) is 0. The number of hydrogen-bond acceptors (Lipinski definition) is 5. The number of nitrogens with zero attached hydrogens (tertiary/aromatic N) is 2. The molecular weight excluding hydrogens is 308 g/mol. The lowest BCUT2D eigenvalue weighted by Gasteiger charge is -2.12. The fourth-order valence-corrected chi connectivity index (χ4v) is 3.90. The van der Waals surface area contributed by atoms with Crippen LogP contribution in [0.2, 0.25) is 0 Å². The molecule has 1 fully saturated rings. The highest BCUT2D eigenvalue weighted by molar-refractivity contribution is 8.00. The molecule has 0 aliphatic heterocycles. The van der Waals surface area contributed by atoms with Crippen LogP contribution in [0.5, 0.6) is 0 Å². The molecule has 0 aromatic carbocycles. The van der Waals surface area contributed by atoms with Crippen LogP contribution in [0.25, 0.3) is 0 Å². The maximum Gasteiger partial charge on any atom is 0.243 e. The Morgan fingerprint density at radius 3 is 2.81 bits per heavy atom. The summed E-state index contributed by atoms with van der Waals surface area (Å²) >= 11 is 1.74. The number of nitrogens with one attached hydrogen (secondary N) is 2. The molecule has 1 aromatic heterocycles. The third kappa shape index (κ3) is 4.70. The Bertz CT molecular complexity index is 552. The van der Waals surface area contributed by atoms with E-state index in [1.165, 1.54) is 6.20 Å². The van der Waals surface area contributed by atoms with Crippen LogP contribution >= 0.6 is 11.8 Å². The Hall–Kier alpha value is -0.570. The van der Waals surface area contributed by atoms with Gasteiger partial charge in [-0.1, -0.05) is 6.92 Å². The van der Waals surface area contributed by atoms with Gasteiger partial charge in [-0.3, -0.25) is 4.68 Å². The standard InChI is InChI=1S/C13H24N4O2S2/c1-3-6-14-7-8-17-10-12(9-15-17)21(18,19)16-11-13(20-2)4-5-13/h9-10,14,16H,3-8,11H2,1-2H3. The Kier molecular flexibility index (Phi) is 5.70. The minimum absolute atomic E-state index is 0.118. The zero-order chi connectivity index (χ0) is 15.3. The van der Waals surface area contributed by atoms with Crippen molar-refractivity contribution in [3.05, 3.63) is 12.4 Å². The molecule has 120 valence electrons. The van der Waals surface area contributed by atoms with Crippen molar-refractivity contribution in [1.29, 1.82) is 0 Å². The molecule has 8 heteroatoms. The van der Waals surface area contributed by atoms with Gasteiger partial charge < -0.3 is 5.32 Å². The molecule has 2 N–H and O–H groups in total. The van der Waals surface area contributed by atoms with E-state index in [-0.39, 0.29) is 9.64 Å². The van der Waals surface area contributed by atoms with E-state index in [1.807, 2.05) is 6.26 Å². The van der Waals surface area contributed by atoms with Crippen molar-refractivity contribution in [1.82, 2.24) is 19.8 Å². The van der Waals surface area contributed by atoms with Gasteiger partial charge in [0.25, 0.3) is 0 Å². The number of hydrogen-bond donors (Lipinski definition) is 2. The van der Waals surface area contributed by atoms with Gasteiger partial charge in [-0.25, -0.2) is 13.1 Å². The van der Waals surface area contributed by atoms with Gasteiger partial charge in [0, 0.05) is 24.0 Å². The summed E-state index contributed by atoms with van der Waals surface area (Å²) in [7, 11) is -3.45. The van der Waals surface area contributed by atoms with Gasteiger partial charge in [-0.2, -0.15) is 16.9 Å². The molecule has 1 saturated carbocycles. The van der Waals surface area contributed by atoms with Crippen molar-refractivity contribution in [3.8, 4) is 0 Å². The maximum atomic E-state index is 12.2. The van der Waals surface area contributed by atoms with Gasteiger partial charge in [-0.05, 0) is 32.1 Å². The van der Waals surface area contributed by atoms with E-state index in [2.05, 4.69) is 22.1 Å². The van der Waals surface area contributed by atoms with Crippen LogP contribution in [0.1, 0.15) is 26.2 Å². The second-order valence-electron chi connectivity index (χ2n) is 5.40. The smallest absolute Gasteiger partial charge is 0.243 e. The van der Waals surface area contributed by atoms with E-state index in [9.17, 15) is 8.42 Å². The summed E-state index contributed by atoms with van der Waals surface area (Å²) < 4.78 is 28.9. The summed E-state index contributed by atoms with van der Waals surface area (Å²) in [6, 6.07) is 0. The normalized spacial score (nSPS) is 17.0. The first-order valence-electron chi connectivity index (χ1n) is 7.29. The molecule has 0 bridgehead atoms. The highest BCUT2D eigenvalue weighted by Gasteiger charge is 2.42. The van der Waals surface area contributed by atoms with Crippen LogP contribution < -0.4 is 10.0 Å². The van der Waals surface area contributed by atoms with E-state index in [1.54, 1.807) is 22.6 Å². The Balaban J connectivity index is 1.86. The molecule has 0 atom stereocenters. The summed E-state index contributed by atoms with van der Waals surface area (Å²) in [6.45, 7) is 5.03. The molecule has 1 aliphatic rings. The second-order valence-corrected chi connectivity index (χ2v) is 8.44. The van der Waals surface area contributed by atoms with Gasteiger partial charge in [-0.15, -0.1) is 0 Å². The molecule has 0 spiro atoms. The van der Waals surface area contributed by atoms with E-state index in [0.29, 0.717) is 13.1 Å². The SMILES string of the molecule is CCCNCCn1cc(S(=O)(=O)NCC2(SC)CC2)cn1. The average Bonchev–Trinajstić information content (AvgIpc) is 3.10. The van der Waals surface area contributed by atoms with Crippen molar-refractivity contribution >= 4 is 21.8 Å². The molecule has 0 unspecified atom stereocenters. The maximum absolute atomic E-state index is 12.2. The van der Waals surface area contributed by atoms with Gasteiger partial charge in [0.1, 0.15) is 4.90 Å². The largest absolute Gasteiger partial charge is 0.315 e. The first kappa shape index (κ1) is 16.8. The fraction of sp³-hybridized carbons (Fsp3) is 0.769. The van der Waals surface area contributed by atoms with Crippen molar-refractivity contribution in [2.24, 2.45) is 0 Å². The van der Waals surface area contributed by atoms with Crippen LogP contribution in [0.4, 0.5) is 0 Å². The molecule has 21 heavy (non-hydrogen) atoms. The lowest BCUT2D eigenvalue weighted by Crippen LogP contribution is -2.31. The number of aromatic nitrogens is 2. The van der Waals surface area contributed by atoms with Crippen molar-refractivity contribution in [3.63, 3.8) is 0 Å². The van der Waals surface area contributed by atoms with Crippen molar-refractivity contribution in [2.75, 3.05) is 25.9 Å². The van der Waals surface area contributed by atoms with Crippen LogP contribution in [-0.2, 0) is 16.6 Å². The Morgan fingerprint density at radius 2 is 2.19 bits per heavy atom. The van der Waals surface area contributed by atoms with Crippen molar-refractivity contribution in [2.45, 2.75) is 42.4 Å². The zero-order valence-electron chi connectivity index (χ0n) is 12.6. The predicted octanol–water partition coefficient (Wildman–Crippen LogP) is 1.06. The van der Waals surface area contributed by atoms with E-state index >= 15 is 0 Å². The first-order valence-corrected chi connectivity index (χ1v) is 10.0. The summed E-state index contributed by atoms with van der Waals surface area (Å²) in [5.74, 6) is 0. The zero-order valence-corrected chi connectivity index (χ0v) is 14.3. The number of rotatable bonds is 10. The van der Waals surface area contributed by atoms with Gasteiger partial charge >= 0.3 is 0 Å². The number of sulfonamides is 1. The average molecular weight is 332 g/mol. The molecular formula is C13H24N4O2S2. The van der Waals surface area contributed by atoms with Gasteiger partial charge in [0.2, 0.25) is 10.0 Å². The van der Waals surface area contributed by atoms with Gasteiger partial charge in [0.05, 0.1) is 12.7 Å². The van der Waals surface area contributed by atoms with Crippen molar-refractivity contribution < 1.29 is 8.42 Å². The minimum Gasteiger partial charge on any atom is -0.315 e. The van der Waals surface area contributed by atoms with Gasteiger partial charge in [0.15, 0.2) is 0 Å². The molecule has 1 aliphatic carbocycles. The highest BCUT2D eigenvalue weighted by Crippen LogP contribution is 2.46. The lowest BCUT2D eigenvalue weighted by atomic mass is 10.4. The summed E-state index contributed by atoms with van der Waals surface area (Å²) in [6.07, 6.45) is 8.29.